The summed E-state index contributed by atoms with van der Waals surface area (Å²) in [5, 5.41) is 2.92. The second-order valence-electron chi connectivity index (χ2n) is 6.29. The molecule has 2 aromatic carbocycles. The fourth-order valence-electron chi connectivity index (χ4n) is 2.63. The van der Waals surface area contributed by atoms with Gasteiger partial charge in [0, 0.05) is 19.2 Å². The number of methoxy groups -OCH3 is 1. The standard InChI is InChI=1S/C21H27NO3/c1-15-12-16(2)17(3)20(13-15)25-11-5-10-22-21(23)19-8-6-18(7-9-19)14-24-4/h6-9,12-13H,5,10-11,14H2,1-4H3,(H,22,23). The molecule has 4 heteroatoms. The molecule has 0 fully saturated rings. The molecule has 0 saturated carbocycles. The zero-order chi connectivity index (χ0) is 18.2. The second kappa shape index (κ2) is 9.23. The fourth-order valence-corrected chi connectivity index (χ4v) is 2.63. The molecule has 4 nitrogen and oxygen atoms in total. The molecule has 0 unspecified atom stereocenters. The molecular weight excluding hydrogens is 314 g/mol. The van der Waals surface area contributed by atoms with Crippen molar-refractivity contribution >= 4 is 5.91 Å². The van der Waals surface area contributed by atoms with Crippen LogP contribution in [0.2, 0.25) is 0 Å². The van der Waals surface area contributed by atoms with Crippen LogP contribution in [0.4, 0.5) is 0 Å². The van der Waals surface area contributed by atoms with E-state index in [2.05, 4.69) is 38.2 Å². The molecule has 0 atom stereocenters. The van der Waals surface area contributed by atoms with Crippen molar-refractivity contribution in [3.63, 3.8) is 0 Å². The smallest absolute Gasteiger partial charge is 0.251 e. The van der Waals surface area contributed by atoms with Crippen LogP contribution in [-0.4, -0.2) is 26.2 Å². The van der Waals surface area contributed by atoms with E-state index in [9.17, 15) is 4.79 Å². The van der Waals surface area contributed by atoms with Crippen LogP contribution in [0.5, 0.6) is 5.75 Å². The van der Waals surface area contributed by atoms with Gasteiger partial charge in [0.25, 0.3) is 5.91 Å². The Morgan fingerprint density at radius 3 is 2.48 bits per heavy atom. The van der Waals surface area contributed by atoms with Crippen LogP contribution in [0.3, 0.4) is 0 Å². The molecule has 0 heterocycles. The third kappa shape index (κ3) is 5.61. The van der Waals surface area contributed by atoms with Gasteiger partial charge in [-0.3, -0.25) is 4.79 Å². The first-order valence-corrected chi connectivity index (χ1v) is 8.58. The molecule has 134 valence electrons. The lowest BCUT2D eigenvalue weighted by Crippen LogP contribution is -2.25. The van der Waals surface area contributed by atoms with E-state index in [-0.39, 0.29) is 5.91 Å². The Hall–Kier alpha value is -2.33. The van der Waals surface area contributed by atoms with Crippen LogP contribution in [0.25, 0.3) is 0 Å². The summed E-state index contributed by atoms with van der Waals surface area (Å²) in [4.78, 5) is 12.1. The van der Waals surface area contributed by atoms with Crippen LogP contribution < -0.4 is 10.1 Å². The summed E-state index contributed by atoms with van der Waals surface area (Å²) in [5.74, 6) is 0.865. The molecule has 1 amide bonds. The molecule has 25 heavy (non-hydrogen) atoms. The maximum atomic E-state index is 12.1. The molecule has 0 saturated heterocycles. The molecule has 2 aromatic rings. The normalized spacial score (nSPS) is 10.6. The highest BCUT2D eigenvalue weighted by atomic mass is 16.5. The third-order valence-corrected chi connectivity index (χ3v) is 4.16. The predicted molar refractivity (Wildman–Crippen MR) is 100 cm³/mol. The number of nitrogens with one attached hydrogen (secondary N) is 1. The lowest BCUT2D eigenvalue weighted by molar-refractivity contribution is 0.0951. The Kier molecular flexibility index (Phi) is 7.02. The maximum Gasteiger partial charge on any atom is 0.251 e. The van der Waals surface area contributed by atoms with Gasteiger partial charge in [0.15, 0.2) is 0 Å². The summed E-state index contributed by atoms with van der Waals surface area (Å²) in [6.07, 6.45) is 0.764. The molecule has 0 aliphatic carbocycles. The van der Waals surface area contributed by atoms with Crippen LogP contribution >= 0.6 is 0 Å². The number of carbonyl (C=O) groups excluding carboxylic acids is 1. The molecule has 0 bridgehead atoms. The summed E-state index contributed by atoms with van der Waals surface area (Å²) in [6, 6.07) is 11.7. The number of hydrogen-bond donors (Lipinski definition) is 1. The number of hydrogen-bond acceptors (Lipinski definition) is 3. The molecule has 1 N–H and O–H groups in total. The van der Waals surface area contributed by atoms with E-state index >= 15 is 0 Å². The molecule has 0 radical (unpaired) electrons. The van der Waals surface area contributed by atoms with E-state index in [0.717, 1.165) is 17.7 Å². The Bertz CT molecular complexity index is 708. The fraction of sp³-hybridized carbons (Fsp3) is 0.381. The molecule has 0 aliphatic rings. The van der Waals surface area contributed by atoms with Crippen molar-refractivity contribution in [3.8, 4) is 5.75 Å². The highest BCUT2D eigenvalue weighted by Crippen LogP contribution is 2.23. The lowest BCUT2D eigenvalue weighted by Gasteiger charge is -2.12. The van der Waals surface area contributed by atoms with Gasteiger partial charge in [-0.2, -0.15) is 0 Å². The maximum absolute atomic E-state index is 12.1. The molecule has 0 spiro atoms. The number of benzene rings is 2. The van der Waals surface area contributed by atoms with E-state index in [1.165, 1.54) is 16.7 Å². The summed E-state index contributed by atoms with van der Waals surface area (Å²) in [5.41, 5.74) is 5.32. The van der Waals surface area contributed by atoms with Crippen molar-refractivity contribution in [2.45, 2.75) is 33.8 Å². The van der Waals surface area contributed by atoms with Crippen molar-refractivity contribution < 1.29 is 14.3 Å². The second-order valence-corrected chi connectivity index (χ2v) is 6.29. The van der Waals surface area contributed by atoms with E-state index in [1.807, 2.05) is 24.3 Å². The van der Waals surface area contributed by atoms with Crippen molar-refractivity contribution in [2.24, 2.45) is 0 Å². The zero-order valence-corrected chi connectivity index (χ0v) is 15.5. The van der Waals surface area contributed by atoms with Gasteiger partial charge in [-0.05, 0) is 67.6 Å². The predicted octanol–water partition coefficient (Wildman–Crippen LogP) is 3.96. The molecular formula is C21H27NO3. The summed E-state index contributed by atoms with van der Waals surface area (Å²) < 4.78 is 10.9. The summed E-state index contributed by atoms with van der Waals surface area (Å²) >= 11 is 0. The molecule has 0 aliphatic heterocycles. The van der Waals surface area contributed by atoms with Gasteiger partial charge in [0.2, 0.25) is 0 Å². The third-order valence-electron chi connectivity index (χ3n) is 4.16. The highest BCUT2D eigenvalue weighted by Gasteiger charge is 2.06. The van der Waals surface area contributed by atoms with Crippen molar-refractivity contribution in [1.29, 1.82) is 0 Å². The monoisotopic (exact) mass is 341 g/mol. The van der Waals surface area contributed by atoms with E-state index < -0.39 is 0 Å². The molecule has 0 aromatic heterocycles. The van der Waals surface area contributed by atoms with Crippen molar-refractivity contribution in [2.75, 3.05) is 20.3 Å². The minimum absolute atomic E-state index is 0.0634. The quantitative estimate of drug-likeness (QED) is 0.740. The number of ether oxygens (including phenoxy) is 2. The van der Waals surface area contributed by atoms with Crippen LogP contribution in [0.1, 0.15) is 39.0 Å². The SMILES string of the molecule is COCc1ccc(C(=O)NCCCOc2cc(C)cc(C)c2C)cc1. The largest absolute Gasteiger partial charge is 0.493 e. The first-order valence-electron chi connectivity index (χ1n) is 8.58. The Morgan fingerprint density at radius 1 is 1.08 bits per heavy atom. The Labute approximate surface area is 150 Å². The topological polar surface area (TPSA) is 47.6 Å². The average molecular weight is 341 g/mol. The van der Waals surface area contributed by atoms with E-state index in [4.69, 9.17) is 9.47 Å². The first-order chi connectivity index (χ1) is 12.0. The van der Waals surface area contributed by atoms with Crippen molar-refractivity contribution in [3.05, 3.63) is 64.2 Å². The number of amides is 1. The van der Waals surface area contributed by atoms with Crippen LogP contribution in [0.15, 0.2) is 36.4 Å². The Balaban J connectivity index is 1.75. The number of carbonyl (C=O) groups is 1. The summed E-state index contributed by atoms with van der Waals surface area (Å²) in [6.45, 7) is 7.94. The highest BCUT2D eigenvalue weighted by molar-refractivity contribution is 5.94. The lowest BCUT2D eigenvalue weighted by atomic mass is 10.1. The Morgan fingerprint density at radius 2 is 1.80 bits per heavy atom. The minimum Gasteiger partial charge on any atom is -0.493 e. The van der Waals surface area contributed by atoms with Gasteiger partial charge < -0.3 is 14.8 Å². The van der Waals surface area contributed by atoms with Gasteiger partial charge in [-0.1, -0.05) is 18.2 Å². The minimum atomic E-state index is -0.0634. The number of rotatable bonds is 8. The van der Waals surface area contributed by atoms with Gasteiger partial charge >= 0.3 is 0 Å². The molecule has 2 rings (SSSR count). The van der Waals surface area contributed by atoms with Gasteiger partial charge in [0.1, 0.15) is 5.75 Å². The van der Waals surface area contributed by atoms with Gasteiger partial charge in [-0.25, -0.2) is 0 Å². The average Bonchev–Trinajstić information content (AvgIpc) is 2.59. The van der Waals surface area contributed by atoms with E-state index in [0.29, 0.717) is 25.3 Å². The van der Waals surface area contributed by atoms with Gasteiger partial charge in [0.05, 0.1) is 13.2 Å². The van der Waals surface area contributed by atoms with Gasteiger partial charge in [-0.15, -0.1) is 0 Å². The van der Waals surface area contributed by atoms with Crippen LogP contribution in [0, 0.1) is 20.8 Å². The van der Waals surface area contributed by atoms with Crippen molar-refractivity contribution in [1.82, 2.24) is 5.32 Å². The van der Waals surface area contributed by atoms with E-state index in [1.54, 1.807) is 7.11 Å². The first kappa shape index (κ1) is 19.0. The zero-order valence-electron chi connectivity index (χ0n) is 15.5. The van der Waals surface area contributed by atoms with Crippen LogP contribution in [-0.2, 0) is 11.3 Å². The number of aryl methyl sites for hydroxylation is 2. The summed E-state index contributed by atoms with van der Waals surface area (Å²) in [7, 11) is 1.66.